The molecule has 0 spiro atoms. The first kappa shape index (κ1) is 12.6. The molecule has 1 unspecified atom stereocenters. The summed E-state index contributed by atoms with van der Waals surface area (Å²) in [5.41, 5.74) is 3.94. The van der Waals surface area contributed by atoms with Crippen LogP contribution in [0.1, 0.15) is 30.1 Å². The van der Waals surface area contributed by atoms with Gasteiger partial charge in [-0.2, -0.15) is 5.10 Å². The zero-order valence-corrected chi connectivity index (χ0v) is 12.2. The number of rotatable bonds is 3. The molecule has 0 bridgehead atoms. The quantitative estimate of drug-likeness (QED) is 0.866. The van der Waals surface area contributed by atoms with E-state index >= 15 is 0 Å². The van der Waals surface area contributed by atoms with E-state index < -0.39 is 0 Å². The molecule has 0 fully saturated rings. The number of hydrogen-bond acceptors (Lipinski definition) is 3. The van der Waals surface area contributed by atoms with Gasteiger partial charge in [-0.1, -0.05) is 0 Å². The third-order valence-corrected chi connectivity index (χ3v) is 4.55. The molecule has 1 aromatic carbocycles. The topological polar surface area (TPSA) is 29.9 Å². The Bertz CT molecular complexity index is 559. The minimum absolute atomic E-state index is 0.401. The first-order valence-electron chi connectivity index (χ1n) is 6.69. The molecular formula is C15H19N3S. The number of aromatic nitrogens is 2. The average Bonchev–Trinajstić information content (AvgIpc) is 2.83. The molecular weight excluding hydrogens is 254 g/mol. The molecule has 19 heavy (non-hydrogen) atoms. The molecule has 1 heterocycles. The minimum Gasteiger partial charge on any atom is -0.378 e. The number of hydrogen-bond donors (Lipinski definition) is 1. The van der Waals surface area contributed by atoms with Crippen LogP contribution in [0.2, 0.25) is 0 Å². The fraction of sp³-hybridized carbons (Fsp3) is 0.400. The summed E-state index contributed by atoms with van der Waals surface area (Å²) in [6.45, 7) is 0. The average molecular weight is 273 g/mol. The fourth-order valence-corrected chi connectivity index (χ4v) is 3.15. The summed E-state index contributed by atoms with van der Waals surface area (Å²) in [5, 5.41) is 8.03. The lowest BCUT2D eigenvalue weighted by Gasteiger charge is -2.24. The smallest absolute Gasteiger partial charge is 0.0547 e. The van der Waals surface area contributed by atoms with Gasteiger partial charge in [0.05, 0.1) is 12.2 Å². The molecule has 2 aromatic rings. The van der Waals surface area contributed by atoms with E-state index in [1.165, 1.54) is 34.7 Å². The number of aryl methyl sites for hydroxylation is 1. The van der Waals surface area contributed by atoms with Gasteiger partial charge in [0.2, 0.25) is 0 Å². The van der Waals surface area contributed by atoms with Gasteiger partial charge in [0.1, 0.15) is 0 Å². The Morgan fingerprint density at radius 1 is 1.32 bits per heavy atom. The maximum absolute atomic E-state index is 4.39. The summed E-state index contributed by atoms with van der Waals surface area (Å²) < 4.78 is 2.01. The van der Waals surface area contributed by atoms with E-state index in [1.807, 2.05) is 17.9 Å². The zero-order chi connectivity index (χ0) is 13.2. The van der Waals surface area contributed by atoms with Crippen molar-refractivity contribution in [2.45, 2.75) is 30.2 Å². The molecule has 0 amide bonds. The molecule has 3 nitrogen and oxygen atoms in total. The van der Waals surface area contributed by atoms with Crippen molar-refractivity contribution in [2.75, 3.05) is 11.6 Å². The van der Waals surface area contributed by atoms with Crippen LogP contribution in [0, 0.1) is 0 Å². The monoisotopic (exact) mass is 273 g/mol. The Labute approximate surface area is 118 Å². The Morgan fingerprint density at radius 3 is 2.84 bits per heavy atom. The van der Waals surface area contributed by atoms with E-state index in [1.54, 1.807) is 11.8 Å². The van der Waals surface area contributed by atoms with Gasteiger partial charge in [-0.25, -0.2) is 0 Å². The first-order chi connectivity index (χ1) is 9.28. The number of nitrogens with zero attached hydrogens (tertiary/aromatic N) is 2. The van der Waals surface area contributed by atoms with Gasteiger partial charge in [0, 0.05) is 28.9 Å². The van der Waals surface area contributed by atoms with Crippen LogP contribution >= 0.6 is 11.8 Å². The van der Waals surface area contributed by atoms with Crippen LogP contribution < -0.4 is 5.32 Å². The fourth-order valence-electron chi connectivity index (χ4n) is 2.74. The molecule has 1 aliphatic carbocycles. The molecule has 1 aromatic heterocycles. The van der Waals surface area contributed by atoms with Crippen molar-refractivity contribution >= 4 is 17.4 Å². The summed E-state index contributed by atoms with van der Waals surface area (Å²) in [5.74, 6) is 0. The van der Waals surface area contributed by atoms with Gasteiger partial charge in [-0.3, -0.25) is 4.68 Å². The lowest BCUT2D eigenvalue weighted by atomic mass is 9.93. The van der Waals surface area contributed by atoms with Crippen LogP contribution in [0.3, 0.4) is 0 Å². The molecule has 0 radical (unpaired) electrons. The second kappa shape index (κ2) is 5.29. The first-order valence-corrected chi connectivity index (χ1v) is 7.92. The standard InChI is InChI=1S/C15H19N3S/c1-18-15-5-3-4-14(13(15)10-16-18)17-11-6-8-12(19-2)9-7-11/h6-10,14,17H,3-5H2,1-2H3. The number of benzene rings is 1. The van der Waals surface area contributed by atoms with Crippen molar-refractivity contribution in [3.05, 3.63) is 41.7 Å². The molecule has 3 rings (SSSR count). The molecule has 1 N–H and O–H groups in total. The molecule has 0 saturated carbocycles. The molecule has 1 aliphatic rings. The molecule has 100 valence electrons. The summed E-state index contributed by atoms with van der Waals surface area (Å²) in [6, 6.07) is 9.06. The summed E-state index contributed by atoms with van der Waals surface area (Å²) in [6.07, 6.45) is 7.68. The minimum atomic E-state index is 0.401. The van der Waals surface area contributed by atoms with Crippen LogP contribution in [0.25, 0.3) is 0 Å². The predicted molar refractivity (Wildman–Crippen MR) is 80.7 cm³/mol. The Balaban J connectivity index is 1.80. The zero-order valence-electron chi connectivity index (χ0n) is 11.4. The Morgan fingerprint density at radius 2 is 2.11 bits per heavy atom. The van der Waals surface area contributed by atoms with Crippen molar-refractivity contribution in [3.63, 3.8) is 0 Å². The number of anilines is 1. The number of thioether (sulfide) groups is 1. The van der Waals surface area contributed by atoms with E-state index in [2.05, 4.69) is 40.9 Å². The van der Waals surface area contributed by atoms with Gasteiger partial charge in [-0.05, 0) is 49.8 Å². The highest BCUT2D eigenvalue weighted by atomic mass is 32.2. The Kier molecular flexibility index (Phi) is 3.51. The summed E-state index contributed by atoms with van der Waals surface area (Å²) in [4.78, 5) is 1.30. The third-order valence-electron chi connectivity index (χ3n) is 3.81. The highest BCUT2D eigenvalue weighted by Crippen LogP contribution is 2.32. The van der Waals surface area contributed by atoms with Gasteiger partial charge in [0.15, 0.2) is 0 Å². The van der Waals surface area contributed by atoms with Crippen molar-refractivity contribution in [1.82, 2.24) is 9.78 Å². The van der Waals surface area contributed by atoms with Crippen molar-refractivity contribution in [1.29, 1.82) is 0 Å². The molecule has 0 aliphatic heterocycles. The maximum Gasteiger partial charge on any atom is 0.0547 e. The van der Waals surface area contributed by atoms with E-state index in [0.29, 0.717) is 6.04 Å². The third kappa shape index (κ3) is 2.50. The molecule has 4 heteroatoms. The van der Waals surface area contributed by atoms with Crippen LogP contribution in [0.4, 0.5) is 5.69 Å². The normalized spacial score (nSPS) is 18.1. The lowest BCUT2D eigenvalue weighted by Crippen LogP contribution is -2.17. The van der Waals surface area contributed by atoms with Crippen LogP contribution in [-0.4, -0.2) is 16.0 Å². The van der Waals surface area contributed by atoms with E-state index in [9.17, 15) is 0 Å². The Hall–Kier alpha value is -1.42. The van der Waals surface area contributed by atoms with Crippen LogP contribution in [0.15, 0.2) is 35.4 Å². The SMILES string of the molecule is CSc1ccc(NC2CCCc3c2cnn3C)cc1. The summed E-state index contributed by atoms with van der Waals surface area (Å²) in [7, 11) is 2.04. The van der Waals surface area contributed by atoms with Gasteiger partial charge in [0.25, 0.3) is 0 Å². The summed E-state index contributed by atoms with van der Waals surface area (Å²) >= 11 is 1.77. The largest absolute Gasteiger partial charge is 0.378 e. The van der Waals surface area contributed by atoms with Gasteiger partial charge < -0.3 is 5.32 Å². The van der Waals surface area contributed by atoms with Crippen molar-refractivity contribution < 1.29 is 0 Å². The number of nitrogens with one attached hydrogen (secondary N) is 1. The highest BCUT2D eigenvalue weighted by molar-refractivity contribution is 7.98. The van der Waals surface area contributed by atoms with E-state index in [-0.39, 0.29) is 0 Å². The number of fused-ring (bicyclic) bond motifs is 1. The van der Waals surface area contributed by atoms with Gasteiger partial charge in [-0.15, -0.1) is 11.8 Å². The van der Waals surface area contributed by atoms with Crippen LogP contribution in [-0.2, 0) is 13.5 Å². The second-order valence-corrected chi connectivity index (χ2v) is 5.87. The maximum atomic E-state index is 4.39. The van der Waals surface area contributed by atoms with Crippen molar-refractivity contribution in [3.8, 4) is 0 Å². The van der Waals surface area contributed by atoms with E-state index in [0.717, 1.165) is 6.42 Å². The van der Waals surface area contributed by atoms with Crippen molar-refractivity contribution in [2.24, 2.45) is 7.05 Å². The van der Waals surface area contributed by atoms with Gasteiger partial charge >= 0.3 is 0 Å². The second-order valence-electron chi connectivity index (χ2n) is 4.99. The molecule has 0 saturated heterocycles. The predicted octanol–water partition coefficient (Wildman–Crippen LogP) is 3.63. The molecule has 1 atom stereocenters. The highest BCUT2D eigenvalue weighted by Gasteiger charge is 2.23. The van der Waals surface area contributed by atoms with E-state index in [4.69, 9.17) is 0 Å². The lowest BCUT2D eigenvalue weighted by molar-refractivity contribution is 0.571. The van der Waals surface area contributed by atoms with Crippen LogP contribution in [0.5, 0.6) is 0 Å².